The van der Waals surface area contributed by atoms with Gasteiger partial charge >= 0.3 is 11.9 Å². The molecule has 0 aromatic rings. The number of rotatable bonds is 4. The summed E-state index contributed by atoms with van der Waals surface area (Å²) < 4.78 is 16.2. The van der Waals surface area contributed by atoms with E-state index in [2.05, 4.69) is 0 Å². The van der Waals surface area contributed by atoms with Crippen LogP contribution in [0.2, 0.25) is 0 Å². The summed E-state index contributed by atoms with van der Waals surface area (Å²) >= 11 is 0. The SMILES string of the molecule is CCOC(=O)C1C(C(=O)OCC)C2(C)CCC1(C)O2. The van der Waals surface area contributed by atoms with E-state index < -0.39 is 23.0 Å². The van der Waals surface area contributed by atoms with E-state index in [4.69, 9.17) is 14.2 Å². The number of carbonyl (C=O) groups is 2. The molecule has 19 heavy (non-hydrogen) atoms. The van der Waals surface area contributed by atoms with Crippen LogP contribution in [-0.4, -0.2) is 36.4 Å². The molecule has 2 saturated heterocycles. The Morgan fingerprint density at radius 3 is 1.68 bits per heavy atom. The van der Waals surface area contributed by atoms with E-state index in [1.165, 1.54) is 0 Å². The monoisotopic (exact) mass is 270 g/mol. The zero-order valence-electron chi connectivity index (χ0n) is 12.0. The third-order valence-electron chi connectivity index (χ3n) is 4.31. The van der Waals surface area contributed by atoms with Gasteiger partial charge in [0.2, 0.25) is 0 Å². The molecule has 0 radical (unpaired) electrons. The Bertz CT molecular complexity index is 357. The Hall–Kier alpha value is -1.10. The summed E-state index contributed by atoms with van der Waals surface area (Å²) in [6.45, 7) is 7.90. The lowest BCUT2D eigenvalue weighted by atomic mass is 9.67. The fraction of sp³-hybridized carbons (Fsp3) is 0.857. The molecule has 0 aliphatic carbocycles. The molecule has 2 bridgehead atoms. The van der Waals surface area contributed by atoms with E-state index in [0.717, 1.165) is 12.8 Å². The number of esters is 2. The largest absolute Gasteiger partial charge is 0.466 e. The lowest BCUT2D eigenvalue weighted by molar-refractivity contribution is -0.163. The first-order chi connectivity index (χ1) is 8.88. The number of fused-ring (bicyclic) bond motifs is 2. The molecule has 2 heterocycles. The maximum atomic E-state index is 12.2. The predicted molar refractivity (Wildman–Crippen MR) is 67.4 cm³/mol. The Morgan fingerprint density at radius 1 is 1.00 bits per heavy atom. The highest BCUT2D eigenvalue weighted by atomic mass is 16.6. The van der Waals surface area contributed by atoms with Crippen LogP contribution in [0, 0.1) is 11.8 Å². The van der Waals surface area contributed by atoms with Crippen LogP contribution in [0.1, 0.15) is 40.5 Å². The molecule has 0 aromatic heterocycles. The summed E-state index contributed by atoms with van der Waals surface area (Å²) in [7, 11) is 0. The Labute approximate surface area is 113 Å². The highest BCUT2D eigenvalue weighted by Crippen LogP contribution is 2.58. The number of carbonyl (C=O) groups excluding carboxylic acids is 2. The van der Waals surface area contributed by atoms with Gasteiger partial charge < -0.3 is 14.2 Å². The van der Waals surface area contributed by atoms with E-state index in [-0.39, 0.29) is 11.9 Å². The molecular formula is C14H22O5. The second-order valence-corrected chi connectivity index (χ2v) is 5.69. The van der Waals surface area contributed by atoms with Gasteiger partial charge in [-0.3, -0.25) is 9.59 Å². The molecule has 0 saturated carbocycles. The maximum Gasteiger partial charge on any atom is 0.312 e. The minimum Gasteiger partial charge on any atom is -0.466 e. The molecular weight excluding hydrogens is 248 g/mol. The fourth-order valence-corrected chi connectivity index (χ4v) is 3.51. The van der Waals surface area contributed by atoms with Crippen molar-refractivity contribution in [2.24, 2.45) is 11.8 Å². The second kappa shape index (κ2) is 4.78. The van der Waals surface area contributed by atoms with Crippen molar-refractivity contribution >= 4 is 11.9 Å². The van der Waals surface area contributed by atoms with E-state index >= 15 is 0 Å². The van der Waals surface area contributed by atoms with Crippen LogP contribution >= 0.6 is 0 Å². The molecule has 5 heteroatoms. The third-order valence-corrected chi connectivity index (χ3v) is 4.31. The average molecular weight is 270 g/mol. The van der Waals surface area contributed by atoms with Gasteiger partial charge in [-0.2, -0.15) is 0 Å². The van der Waals surface area contributed by atoms with Crippen LogP contribution in [0.5, 0.6) is 0 Å². The van der Waals surface area contributed by atoms with E-state index in [0.29, 0.717) is 13.2 Å². The van der Waals surface area contributed by atoms with Crippen molar-refractivity contribution in [1.29, 1.82) is 0 Å². The summed E-state index contributed by atoms with van der Waals surface area (Å²) in [6.07, 6.45) is 1.53. The minimum absolute atomic E-state index is 0.303. The predicted octanol–water partition coefficient (Wildman–Crippen LogP) is 1.69. The standard InChI is InChI=1S/C14H22O5/c1-5-17-11(15)9-10(12(16)18-6-2)14(4)8-7-13(9,3)19-14/h9-10H,5-8H2,1-4H3. The van der Waals surface area contributed by atoms with Gasteiger partial charge in [0.1, 0.15) is 11.8 Å². The molecule has 4 atom stereocenters. The number of hydrogen-bond acceptors (Lipinski definition) is 5. The average Bonchev–Trinajstić information content (AvgIpc) is 2.75. The van der Waals surface area contributed by atoms with Crippen LogP contribution in [0.25, 0.3) is 0 Å². The lowest BCUT2D eigenvalue weighted by Gasteiger charge is -2.33. The zero-order chi connectivity index (χ0) is 14.3. The Kier molecular flexibility index (Phi) is 3.60. The van der Waals surface area contributed by atoms with Crippen LogP contribution in [0.4, 0.5) is 0 Å². The molecule has 2 aliphatic heterocycles. The molecule has 4 unspecified atom stereocenters. The molecule has 2 aliphatic rings. The first-order valence-corrected chi connectivity index (χ1v) is 6.91. The minimum atomic E-state index is -0.613. The van der Waals surface area contributed by atoms with Gasteiger partial charge in [-0.25, -0.2) is 0 Å². The summed E-state index contributed by atoms with van der Waals surface area (Å²) in [5.74, 6) is -1.84. The number of hydrogen-bond donors (Lipinski definition) is 0. The van der Waals surface area contributed by atoms with Crippen LogP contribution in [0.15, 0.2) is 0 Å². The third kappa shape index (κ3) is 2.14. The van der Waals surface area contributed by atoms with E-state index in [1.54, 1.807) is 13.8 Å². The summed E-state index contributed by atoms with van der Waals surface area (Å²) in [5.41, 5.74) is -1.23. The van der Waals surface area contributed by atoms with Gasteiger partial charge in [-0.15, -0.1) is 0 Å². The van der Waals surface area contributed by atoms with Crippen molar-refractivity contribution in [3.8, 4) is 0 Å². The van der Waals surface area contributed by atoms with Crippen molar-refractivity contribution in [3.05, 3.63) is 0 Å². The Morgan fingerprint density at radius 2 is 1.37 bits per heavy atom. The normalized spacial score (nSPS) is 40.2. The molecule has 0 amide bonds. The van der Waals surface area contributed by atoms with Crippen molar-refractivity contribution < 1.29 is 23.8 Å². The molecule has 108 valence electrons. The molecule has 0 N–H and O–H groups in total. The maximum absolute atomic E-state index is 12.2. The van der Waals surface area contributed by atoms with Gasteiger partial charge in [0.15, 0.2) is 0 Å². The molecule has 0 spiro atoms. The highest BCUT2D eigenvalue weighted by Gasteiger charge is 2.68. The van der Waals surface area contributed by atoms with Gasteiger partial charge in [0, 0.05) is 0 Å². The van der Waals surface area contributed by atoms with Crippen molar-refractivity contribution in [1.82, 2.24) is 0 Å². The van der Waals surface area contributed by atoms with Gasteiger partial charge in [-0.1, -0.05) is 0 Å². The van der Waals surface area contributed by atoms with Crippen molar-refractivity contribution in [2.45, 2.75) is 51.7 Å². The smallest absolute Gasteiger partial charge is 0.312 e. The first kappa shape index (κ1) is 14.3. The zero-order valence-corrected chi connectivity index (χ0v) is 12.0. The van der Waals surface area contributed by atoms with Crippen LogP contribution in [0.3, 0.4) is 0 Å². The molecule has 0 aromatic carbocycles. The quantitative estimate of drug-likeness (QED) is 0.727. The topological polar surface area (TPSA) is 61.8 Å². The number of ether oxygens (including phenoxy) is 3. The summed E-state index contributed by atoms with van der Waals surface area (Å²) in [6, 6.07) is 0. The van der Waals surface area contributed by atoms with Crippen molar-refractivity contribution in [2.75, 3.05) is 13.2 Å². The fourth-order valence-electron chi connectivity index (χ4n) is 3.51. The van der Waals surface area contributed by atoms with Gasteiger partial charge in [0.25, 0.3) is 0 Å². The summed E-state index contributed by atoms with van der Waals surface area (Å²) in [5, 5.41) is 0. The first-order valence-electron chi connectivity index (χ1n) is 6.91. The van der Waals surface area contributed by atoms with E-state index in [1.807, 2.05) is 13.8 Å². The molecule has 5 nitrogen and oxygen atoms in total. The lowest BCUT2D eigenvalue weighted by Crippen LogP contribution is -2.47. The van der Waals surface area contributed by atoms with Crippen LogP contribution in [-0.2, 0) is 23.8 Å². The van der Waals surface area contributed by atoms with Crippen molar-refractivity contribution in [3.63, 3.8) is 0 Å². The van der Waals surface area contributed by atoms with E-state index in [9.17, 15) is 9.59 Å². The van der Waals surface area contributed by atoms with Gasteiger partial charge in [0.05, 0.1) is 24.4 Å². The second-order valence-electron chi connectivity index (χ2n) is 5.69. The molecule has 2 fully saturated rings. The Balaban J connectivity index is 2.31. The summed E-state index contributed by atoms with van der Waals surface area (Å²) in [4.78, 5) is 24.4. The van der Waals surface area contributed by atoms with Gasteiger partial charge in [-0.05, 0) is 40.5 Å². The molecule has 2 rings (SSSR count). The highest BCUT2D eigenvalue weighted by molar-refractivity contribution is 5.85. The van der Waals surface area contributed by atoms with Crippen LogP contribution < -0.4 is 0 Å².